The van der Waals surface area contributed by atoms with E-state index in [9.17, 15) is 17.6 Å². The smallest absolute Gasteiger partial charge is 0.338 e. The number of nitrogens with zero attached hydrogens (tertiary/aromatic N) is 3. The molecule has 29 heavy (non-hydrogen) atoms. The summed E-state index contributed by atoms with van der Waals surface area (Å²) in [5.74, 6) is -0.0447. The van der Waals surface area contributed by atoms with E-state index in [-0.39, 0.29) is 11.5 Å². The van der Waals surface area contributed by atoms with Gasteiger partial charge in [0, 0.05) is 18.8 Å². The Bertz CT molecular complexity index is 1170. The maximum absolute atomic E-state index is 14.0. The Morgan fingerprint density at radius 1 is 0.966 bits per heavy atom. The normalized spacial score (nSPS) is 11.6. The average Bonchev–Trinajstić information content (AvgIpc) is 2.99. The quantitative estimate of drug-likeness (QED) is 0.436. The van der Waals surface area contributed by atoms with E-state index < -0.39 is 17.6 Å². The van der Waals surface area contributed by atoms with Crippen molar-refractivity contribution in [2.45, 2.75) is 6.18 Å². The number of imidazole rings is 1. The van der Waals surface area contributed by atoms with Crippen molar-refractivity contribution in [3.8, 4) is 0 Å². The summed E-state index contributed by atoms with van der Waals surface area (Å²) < 4.78 is 54.5. The third-order valence-corrected chi connectivity index (χ3v) is 4.35. The lowest BCUT2D eigenvalue weighted by Crippen LogP contribution is -2.06. The molecule has 4 aromatic rings. The topological polar surface area (TPSA) is 54.8 Å². The van der Waals surface area contributed by atoms with Crippen molar-refractivity contribution in [3.63, 3.8) is 0 Å². The van der Waals surface area contributed by atoms with Crippen molar-refractivity contribution in [3.05, 3.63) is 72.2 Å². The first-order valence-electron chi connectivity index (χ1n) is 8.59. The van der Waals surface area contributed by atoms with Crippen molar-refractivity contribution in [2.75, 3.05) is 10.6 Å². The predicted molar refractivity (Wildman–Crippen MR) is 103 cm³/mol. The molecule has 2 heterocycles. The Morgan fingerprint density at radius 2 is 1.72 bits per heavy atom. The third kappa shape index (κ3) is 3.84. The van der Waals surface area contributed by atoms with Gasteiger partial charge in [-0.3, -0.25) is 0 Å². The zero-order valence-electron chi connectivity index (χ0n) is 15.1. The molecule has 148 valence electrons. The second kappa shape index (κ2) is 7.08. The van der Waals surface area contributed by atoms with Crippen LogP contribution in [0.3, 0.4) is 0 Å². The summed E-state index contributed by atoms with van der Waals surface area (Å²) in [6, 6.07) is 13.2. The maximum atomic E-state index is 14.0. The molecule has 4 rings (SSSR count). The molecule has 2 aromatic carbocycles. The van der Waals surface area contributed by atoms with Crippen LogP contribution >= 0.6 is 0 Å². The first kappa shape index (κ1) is 18.7. The van der Waals surface area contributed by atoms with Gasteiger partial charge >= 0.3 is 6.18 Å². The monoisotopic (exact) mass is 401 g/mol. The number of hydrogen-bond donors (Lipinski definition) is 2. The van der Waals surface area contributed by atoms with Crippen LogP contribution in [0.4, 0.5) is 40.7 Å². The summed E-state index contributed by atoms with van der Waals surface area (Å²) in [5.41, 5.74) is 0.853. The molecule has 0 radical (unpaired) electrons. The lowest BCUT2D eigenvalue weighted by atomic mass is 10.2. The van der Waals surface area contributed by atoms with Crippen molar-refractivity contribution < 1.29 is 17.6 Å². The highest BCUT2D eigenvalue weighted by Gasteiger charge is 2.31. The van der Waals surface area contributed by atoms with Gasteiger partial charge < -0.3 is 15.2 Å². The number of aryl methyl sites for hydroxylation is 1. The van der Waals surface area contributed by atoms with Crippen LogP contribution in [0.25, 0.3) is 11.0 Å². The molecule has 0 atom stereocenters. The Morgan fingerprint density at radius 3 is 2.45 bits per heavy atom. The molecule has 2 aromatic heterocycles. The number of rotatable bonds is 4. The van der Waals surface area contributed by atoms with Gasteiger partial charge in [0.15, 0.2) is 0 Å². The van der Waals surface area contributed by atoms with Gasteiger partial charge in [-0.05, 0) is 30.3 Å². The lowest BCUT2D eigenvalue weighted by Gasteiger charge is -2.11. The number of anilines is 4. The van der Waals surface area contributed by atoms with E-state index in [0.29, 0.717) is 29.1 Å². The number of fused-ring (bicyclic) bond motifs is 1. The molecule has 0 saturated carbocycles. The van der Waals surface area contributed by atoms with Gasteiger partial charge in [-0.15, -0.1) is 0 Å². The molecule has 0 aliphatic carbocycles. The van der Waals surface area contributed by atoms with Crippen LogP contribution in [0.15, 0.2) is 60.8 Å². The standard InChI is InChI=1S/C20H15F4N5/c1-29-17-10-18(27-15-9-12(20(22,23)24)7-8-14(15)21)25-11-16(17)28-19(29)26-13-5-3-2-4-6-13/h2-11H,1H3,(H,25,27)(H,26,28). The van der Waals surface area contributed by atoms with Crippen LogP contribution in [0.1, 0.15) is 5.56 Å². The van der Waals surface area contributed by atoms with Gasteiger partial charge in [0.25, 0.3) is 0 Å². The molecular formula is C20H15F4N5. The molecule has 5 nitrogen and oxygen atoms in total. The summed E-state index contributed by atoms with van der Waals surface area (Å²) in [7, 11) is 1.79. The van der Waals surface area contributed by atoms with E-state index in [1.807, 2.05) is 30.3 Å². The molecule has 0 aliphatic heterocycles. The van der Waals surface area contributed by atoms with E-state index in [4.69, 9.17) is 0 Å². The molecule has 9 heteroatoms. The number of benzene rings is 2. The molecule has 0 bridgehead atoms. The Kier molecular flexibility index (Phi) is 4.57. The first-order valence-corrected chi connectivity index (χ1v) is 8.59. The van der Waals surface area contributed by atoms with Gasteiger partial charge in [-0.1, -0.05) is 18.2 Å². The third-order valence-electron chi connectivity index (χ3n) is 4.35. The average molecular weight is 401 g/mol. The van der Waals surface area contributed by atoms with Gasteiger partial charge in [0.05, 0.1) is 23.0 Å². The zero-order valence-corrected chi connectivity index (χ0v) is 15.1. The molecule has 0 spiro atoms. The van der Waals surface area contributed by atoms with E-state index in [0.717, 1.165) is 11.8 Å². The van der Waals surface area contributed by atoms with Gasteiger partial charge in [-0.25, -0.2) is 14.4 Å². The molecular weight excluding hydrogens is 386 g/mol. The second-order valence-electron chi connectivity index (χ2n) is 6.36. The lowest BCUT2D eigenvalue weighted by molar-refractivity contribution is -0.137. The van der Waals surface area contributed by atoms with Crippen LogP contribution in [0.5, 0.6) is 0 Å². The van der Waals surface area contributed by atoms with E-state index >= 15 is 0 Å². The number of pyridine rings is 1. The number of hydrogen-bond acceptors (Lipinski definition) is 4. The minimum absolute atomic E-state index is 0.199. The predicted octanol–water partition coefficient (Wildman–Crippen LogP) is 5.61. The Labute approximate surface area is 163 Å². The fraction of sp³-hybridized carbons (Fsp3) is 0.100. The minimum atomic E-state index is -4.57. The van der Waals surface area contributed by atoms with E-state index in [1.54, 1.807) is 17.7 Å². The van der Waals surface area contributed by atoms with Crippen molar-refractivity contribution in [2.24, 2.45) is 7.05 Å². The van der Waals surface area contributed by atoms with Gasteiger partial charge in [-0.2, -0.15) is 13.2 Å². The molecule has 0 amide bonds. The van der Waals surface area contributed by atoms with Crippen LogP contribution in [0.2, 0.25) is 0 Å². The number of para-hydroxylation sites is 1. The number of aromatic nitrogens is 3. The van der Waals surface area contributed by atoms with Crippen LogP contribution in [-0.4, -0.2) is 14.5 Å². The number of nitrogens with one attached hydrogen (secondary N) is 2. The maximum Gasteiger partial charge on any atom is 0.416 e. The Hall–Kier alpha value is -3.62. The van der Waals surface area contributed by atoms with Crippen LogP contribution in [-0.2, 0) is 13.2 Å². The van der Waals surface area contributed by atoms with Crippen molar-refractivity contribution >= 4 is 34.2 Å². The number of halogens is 4. The zero-order chi connectivity index (χ0) is 20.6. The number of alkyl halides is 3. The second-order valence-corrected chi connectivity index (χ2v) is 6.36. The van der Waals surface area contributed by atoms with Crippen molar-refractivity contribution in [1.82, 2.24) is 14.5 Å². The fourth-order valence-corrected chi connectivity index (χ4v) is 2.86. The molecule has 0 unspecified atom stereocenters. The van der Waals surface area contributed by atoms with Gasteiger partial charge in [0.1, 0.15) is 17.2 Å². The highest BCUT2D eigenvalue weighted by atomic mass is 19.4. The summed E-state index contributed by atoms with van der Waals surface area (Å²) in [6.07, 6.45) is -3.10. The van der Waals surface area contributed by atoms with Gasteiger partial charge in [0.2, 0.25) is 5.95 Å². The summed E-state index contributed by atoms with van der Waals surface area (Å²) in [5, 5.41) is 5.80. The van der Waals surface area contributed by atoms with Crippen molar-refractivity contribution in [1.29, 1.82) is 0 Å². The minimum Gasteiger partial charge on any atom is -0.338 e. The van der Waals surface area contributed by atoms with Crippen LogP contribution < -0.4 is 10.6 Å². The van der Waals surface area contributed by atoms with E-state index in [1.165, 1.54) is 6.20 Å². The fourth-order valence-electron chi connectivity index (χ4n) is 2.86. The highest BCUT2D eigenvalue weighted by Crippen LogP contribution is 2.33. The summed E-state index contributed by atoms with van der Waals surface area (Å²) in [6.45, 7) is 0. The van der Waals surface area contributed by atoms with Crippen LogP contribution in [0, 0.1) is 5.82 Å². The summed E-state index contributed by atoms with van der Waals surface area (Å²) in [4.78, 5) is 8.59. The molecule has 0 aliphatic rings. The SMILES string of the molecule is Cn1c(Nc2ccccc2)nc2cnc(Nc3cc(C(F)(F)F)ccc3F)cc21. The summed E-state index contributed by atoms with van der Waals surface area (Å²) >= 11 is 0. The molecule has 0 saturated heterocycles. The highest BCUT2D eigenvalue weighted by molar-refractivity contribution is 5.82. The molecule has 2 N–H and O–H groups in total. The van der Waals surface area contributed by atoms with E-state index in [2.05, 4.69) is 20.6 Å². The largest absolute Gasteiger partial charge is 0.416 e. The molecule has 0 fully saturated rings. The Balaban J connectivity index is 1.65. The first-order chi connectivity index (χ1) is 13.8.